The minimum Gasteiger partial charge on any atom is -0.493 e. The molecule has 2 aromatic carbocycles. The largest absolute Gasteiger partial charge is 0.493 e. The molecule has 0 unspecified atom stereocenters. The molecule has 4 heterocycles. The zero-order chi connectivity index (χ0) is 37.4. The summed E-state index contributed by atoms with van der Waals surface area (Å²) in [5, 5.41) is 81.0. The highest BCUT2D eigenvalue weighted by atomic mass is 16.7. The number of hydrogen-bond acceptors (Lipinski definition) is 18. The minimum absolute atomic E-state index is 0.0541. The van der Waals surface area contributed by atoms with Crippen LogP contribution in [0.4, 0.5) is 0 Å². The minimum atomic E-state index is -1.65. The molecule has 0 saturated carbocycles. The van der Waals surface area contributed by atoms with Crippen LogP contribution in [0.15, 0.2) is 24.3 Å². The molecule has 18 nitrogen and oxygen atoms in total. The van der Waals surface area contributed by atoms with Gasteiger partial charge in [-0.05, 0) is 35.4 Å². The Hall–Kier alpha value is -3.24. The van der Waals surface area contributed by atoms with Gasteiger partial charge in [-0.3, -0.25) is 0 Å². The van der Waals surface area contributed by atoms with E-state index in [0.29, 0.717) is 24.3 Å². The molecule has 2 aromatic rings. The van der Waals surface area contributed by atoms with Crippen LogP contribution in [0.3, 0.4) is 0 Å². The van der Waals surface area contributed by atoms with Crippen LogP contribution < -0.4 is 28.4 Å². The van der Waals surface area contributed by atoms with E-state index in [1.807, 2.05) is 0 Å². The van der Waals surface area contributed by atoms with Gasteiger partial charge in [0.1, 0.15) is 48.8 Å². The van der Waals surface area contributed by atoms with Gasteiger partial charge in [0.05, 0.1) is 67.1 Å². The topological polar surface area (TPSA) is 254 Å². The second kappa shape index (κ2) is 16.0. The molecular weight excluding hydrogens is 696 g/mol. The summed E-state index contributed by atoms with van der Waals surface area (Å²) in [7, 11) is 5.66. The zero-order valence-corrected chi connectivity index (χ0v) is 28.9. The van der Waals surface area contributed by atoms with Crippen LogP contribution in [0.2, 0.25) is 0 Å². The lowest BCUT2D eigenvalue weighted by Crippen LogP contribution is -2.60. The fourth-order valence-corrected chi connectivity index (χ4v) is 7.16. The molecule has 290 valence electrons. The Bertz CT molecular complexity index is 1360. The number of benzene rings is 2. The van der Waals surface area contributed by atoms with Gasteiger partial charge in [-0.1, -0.05) is 0 Å². The first kappa shape index (κ1) is 38.5. The van der Waals surface area contributed by atoms with Crippen LogP contribution >= 0.6 is 0 Å². The number of methoxy groups -OCH3 is 4. The van der Waals surface area contributed by atoms with E-state index in [1.54, 1.807) is 24.3 Å². The average molecular weight is 743 g/mol. The van der Waals surface area contributed by atoms with Gasteiger partial charge in [0.15, 0.2) is 23.0 Å². The predicted octanol–water partition coefficient (Wildman–Crippen LogP) is -1.85. The van der Waals surface area contributed by atoms with E-state index >= 15 is 0 Å². The van der Waals surface area contributed by atoms with Crippen LogP contribution in [-0.4, -0.2) is 157 Å². The van der Waals surface area contributed by atoms with Gasteiger partial charge in [0, 0.05) is 11.8 Å². The van der Waals surface area contributed by atoms with Crippen molar-refractivity contribution in [3.8, 4) is 34.5 Å². The van der Waals surface area contributed by atoms with Crippen molar-refractivity contribution in [1.29, 1.82) is 0 Å². The molecule has 0 aromatic heterocycles. The molecule has 52 heavy (non-hydrogen) atoms. The summed E-state index contributed by atoms with van der Waals surface area (Å²) < 4.78 is 58.0. The molecule has 6 rings (SSSR count). The quantitative estimate of drug-likeness (QED) is 0.119. The summed E-state index contributed by atoms with van der Waals surface area (Å²) in [5.41, 5.74) is 1.37. The van der Waals surface area contributed by atoms with Crippen LogP contribution in [0, 0.1) is 11.8 Å². The summed E-state index contributed by atoms with van der Waals surface area (Å²) in [6.45, 7) is -0.604. The highest BCUT2D eigenvalue weighted by Crippen LogP contribution is 2.54. The van der Waals surface area contributed by atoms with E-state index in [9.17, 15) is 40.9 Å². The van der Waals surface area contributed by atoms with Gasteiger partial charge in [-0.25, -0.2) is 0 Å². The molecule has 4 aliphatic rings. The first-order valence-corrected chi connectivity index (χ1v) is 16.7. The zero-order valence-electron chi connectivity index (χ0n) is 28.9. The van der Waals surface area contributed by atoms with Crippen molar-refractivity contribution in [1.82, 2.24) is 0 Å². The van der Waals surface area contributed by atoms with Crippen molar-refractivity contribution in [2.45, 2.75) is 73.6 Å². The standard InChI is InChI=1S/C34H46O18/c1-43-17-5-13(6-18(44-2)31(17)51-33-27(41)25(39)23(37)21(9-35)49-33)29-15-11-48-30(16(15)12-47-29)14-7-19(45-3)32(20(8-14)46-4)52-34-28(42)26(40)24(38)22(10-36)50-34/h5-8,15-16,21-30,33-42H,9-12H2,1-4H3/t15-,16-,21-,22-,23-,24-,25+,26+,27-,28-,29+,30+,33+,34+/m1/s1. The Balaban J connectivity index is 1.22. The Kier molecular flexibility index (Phi) is 11.8. The predicted molar refractivity (Wildman–Crippen MR) is 172 cm³/mol. The normalized spacial score (nSPS) is 37.3. The van der Waals surface area contributed by atoms with Gasteiger partial charge in [0.25, 0.3) is 0 Å². The summed E-state index contributed by atoms with van der Waals surface area (Å²) in [6.07, 6.45) is -15.9. The van der Waals surface area contributed by atoms with E-state index in [0.717, 1.165) is 0 Å². The lowest BCUT2D eigenvalue weighted by Gasteiger charge is -2.39. The molecule has 0 aliphatic carbocycles. The molecular formula is C34H46O18. The van der Waals surface area contributed by atoms with Crippen molar-refractivity contribution in [3.05, 3.63) is 35.4 Å². The molecule has 14 atom stereocenters. The molecule has 4 saturated heterocycles. The Labute approximate surface area is 298 Å². The van der Waals surface area contributed by atoms with Crippen LogP contribution in [0.5, 0.6) is 34.5 Å². The number of rotatable bonds is 12. The van der Waals surface area contributed by atoms with Gasteiger partial charge in [-0.15, -0.1) is 0 Å². The first-order valence-electron chi connectivity index (χ1n) is 16.7. The smallest absolute Gasteiger partial charge is 0.229 e. The number of hydrogen-bond donors (Lipinski definition) is 8. The second-order valence-corrected chi connectivity index (χ2v) is 13.0. The van der Waals surface area contributed by atoms with E-state index < -0.39 is 86.8 Å². The molecule has 18 heteroatoms. The SMILES string of the molecule is COc1cc([C@@H]2OC[C@@H]3[C@H]2CO[C@H]3c2cc(OC)c(O[C@@H]3O[C@H](CO)[C@@H](O)[C@H](O)[C@H]3O)c(OC)c2)cc(OC)c1O[C@@H]1O[C@H](CO)[C@@H](O)[C@H](O)[C@H]1O. The van der Waals surface area contributed by atoms with E-state index in [-0.39, 0.29) is 46.3 Å². The second-order valence-electron chi connectivity index (χ2n) is 13.0. The summed E-state index contributed by atoms with van der Waals surface area (Å²) in [6, 6.07) is 6.78. The Morgan fingerprint density at radius 1 is 0.519 bits per heavy atom. The molecule has 0 spiro atoms. The fraction of sp³-hybridized carbons (Fsp3) is 0.647. The molecule has 0 bridgehead atoms. The molecule has 0 amide bonds. The molecule has 4 aliphatic heterocycles. The van der Waals surface area contributed by atoms with Crippen molar-refractivity contribution in [3.63, 3.8) is 0 Å². The summed E-state index contributed by atoms with van der Waals surface area (Å²) in [5.74, 6) is 0.683. The highest BCUT2D eigenvalue weighted by molar-refractivity contribution is 5.56. The Morgan fingerprint density at radius 2 is 0.846 bits per heavy atom. The summed E-state index contributed by atoms with van der Waals surface area (Å²) >= 11 is 0. The van der Waals surface area contributed by atoms with Crippen molar-refractivity contribution >= 4 is 0 Å². The van der Waals surface area contributed by atoms with E-state index in [1.165, 1.54) is 28.4 Å². The van der Waals surface area contributed by atoms with Gasteiger partial charge in [0.2, 0.25) is 24.1 Å². The number of aliphatic hydroxyl groups excluding tert-OH is 8. The summed E-state index contributed by atoms with van der Waals surface area (Å²) in [4.78, 5) is 0. The molecule has 0 radical (unpaired) electrons. The maximum atomic E-state index is 10.5. The average Bonchev–Trinajstić information content (AvgIpc) is 3.78. The number of aliphatic hydroxyl groups is 8. The first-order chi connectivity index (χ1) is 25.0. The monoisotopic (exact) mass is 742 g/mol. The highest BCUT2D eigenvalue weighted by Gasteiger charge is 2.50. The van der Waals surface area contributed by atoms with Crippen molar-refractivity contribution in [2.75, 3.05) is 54.9 Å². The van der Waals surface area contributed by atoms with Crippen LogP contribution in [-0.2, 0) is 18.9 Å². The third-order valence-electron chi connectivity index (χ3n) is 10.1. The third kappa shape index (κ3) is 6.94. The van der Waals surface area contributed by atoms with Crippen molar-refractivity contribution in [2.24, 2.45) is 11.8 Å². The van der Waals surface area contributed by atoms with Gasteiger partial charge < -0.3 is 88.2 Å². The van der Waals surface area contributed by atoms with Crippen LogP contribution in [0.1, 0.15) is 23.3 Å². The van der Waals surface area contributed by atoms with Crippen molar-refractivity contribution < 1.29 is 88.2 Å². The number of fused-ring (bicyclic) bond motifs is 1. The maximum absolute atomic E-state index is 10.5. The molecule has 4 fully saturated rings. The van der Waals surface area contributed by atoms with Gasteiger partial charge in [-0.2, -0.15) is 0 Å². The van der Waals surface area contributed by atoms with Crippen LogP contribution in [0.25, 0.3) is 0 Å². The molecule has 8 N–H and O–H groups in total. The fourth-order valence-electron chi connectivity index (χ4n) is 7.16. The maximum Gasteiger partial charge on any atom is 0.229 e. The lowest BCUT2D eigenvalue weighted by molar-refractivity contribution is -0.277. The number of ether oxygens (including phenoxy) is 10. The Morgan fingerprint density at radius 3 is 1.13 bits per heavy atom. The van der Waals surface area contributed by atoms with E-state index in [2.05, 4.69) is 0 Å². The van der Waals surface area contributed by atoms with E-state index in [4.69, 9.17) is 47.4 Å². The lowest BCUT2D eigenvalue weighted by atomic mass is 9.84. The van der Waals surface area contributed by atoms with Gasteiger partial charge >= 0.3 is 0 Å². The third-order valence-corrected chi connectivity index (χ3v) is 10.1.